The molecule has 5 nitrogen and oxygen atoms in total. The Morgan fingerprint density at radius 1 is 1.27 bits per heavy atom. The summed E-state index contributed by atoms with van der Waals surface area (Å²) < 4.78 is 1.73. The molecular formula is C10H12N4O. The summed E-state index contributed by atoms with van der Waals surface area (Å²) in [4.78, 5) is 8.22. The predicted molar refractivity (Wildman–Crippen MR) is 54.6 cm³/mol. The highest BCUT2D eigenvalue weighted by Crippen LogP contribution is 2.08. The second kappa shape index (κ2) is 3.78. The van der Waals surface area contributed by atoms with Gasteiger partial charge in [0.05, 0.1) is 30.4 Å². The first-order valence-corrected chi connectivity index (χ1v) is 4.66. The van der Waals surface area contributed by atoms with Crippen molar-refractivity contribution in [3.8, 4) is 5.82 Å². The Hall–Kier alpha value is -1.75. The van der Waals surface area contributed by atoms with E-state index in [2.05, 4.69) is 15.1 Å². The van der Waals surface area contributed by atoms with Gasteiger partial charge in [-0.05, 0) is 19.9 Å². The zero-order chi connectivity index (χ0) is 10.8. The molecule has 5 heteroatoms. The number of nitrogens with zero attached hydrogens (tertiary/aromatic N) is 4. The van der Waals surface area contributed by atoms with Crippen LogP contribution in [0.3, 0.4) is 0 Å². The number of hydrogen-bond donors (Lipinski definition) is 1. The van der Waals surface area contributed by atoms with Crippen molar-refractivity contribution in [1.82, 2.24) is 19.7 Å². The van der Waals surface area contributed by atoms with Crippen molar-refractivity contribution in [3.05, 3.63) is 35.5 Å². The van der Waals surface area contributed by atoms with E-state index in [1.807, 2.05) is 19.9 Å². The van der Waals surface area contributed by atoms with Gasteiger partial charge in [0.25, 0.3) is 0 Å². The lowest BCUT2D eigenvalue weighted by atomic mass is 10.4. The maximum Gasteiger partial charge on any atom is 0.172 e. The smallest absolute Gasteiger partial charge is 0.172 e. The molecule has 0 aliphatic heterocycles. The molecule has 0 aliphatic carbocycles. The fourth-order valence-electron chi connectivity index (χ4n) is 1.40. The van der Waals surface area contributed by atoms with E-state index in [1.165, 1.54) is 0 Å². The van der Waals surface area contributed by atoms with Crippen LogP contribution >= 0.6 is 0 Å². The molecule has 0 radical (unpaired) electrons. The minimum Gasteiger partial charge on any atom is -0.390 e. The first-order valence-electron chi connectivity index (χ1n) is 4.66. The van der Waals surface area contributed by atoms with Crippen molar-refractivity contribution in [2.24, 2.45) is 0 Å². The molecule has 0 unspecified atom stereocenters. The number of aryl methyl sites for hydroxylation is 2. The Morgan fingerprint density at radius 2 is 2.07 bits per heavy atom. The van der Waals surface area contributed by atoms with Gasteiger partial charge in [-0.3, -0.25) is 4.98 Å². The third-order valence-corrected chi connectivity index (χ3v) is 2.08. The van der Waals surface area contributed by atoms with Crippen LogP contribution in [-0.2, 0) is 6.61 Å². The third-order valence-electron chi connectivity index (χ3n) is 2.08. The molecule has 0 amide bonds. The normalized spacial score (nSPS) is 10.6. The number of hydrogen-bond acceptors (Lipinski definition) is 4. The van der Waals surface area contributed by atoms with E-state index in [0.717, 1.165) is 11.4 Å². The Kier molecular flexibility index (Phi) is 2.47. The lowest BCUT2D eigenvalue weighted by Crippen LogP contribution is -2.03. The number of aliphatic hydroxyl groups is 1. The first kappa shape index (κ1) is 9.79. The fraction of sp³-hybridized carbons (Fsp3) is 0.300. The van der Waals surface area contributed by atoms with Crippen molar-refractivity contribution < 1.29 is 5.11 Å². The molecule has 0 bridgehead atoms. The summed E-state index contributed by atoms with van der Waals surface area (Å²) >= 11 is 0. The minimum atomic E-state index is -0.0929. The molecule has 0 saturated heterocycles. The number of aromatic nitrogens is 4. The van der Waals surface area contributed by atoms with E-state index >= 15 is 0 Å². The fourth-order valence-corrected chi connectivity index (χ4v) is 1.40. The Bertz CT molecular complexity index is 461. The molecule has 0 spiro atoms. The summed E-state index contributed by atoms with van der Waals surface area (Å²) in [7, 11) is 0. The molecule has 15 heavy (non-hydrogen) atoms. The number of rotatable bonds is 2. The summed E-state index contributed by atoms with van der Waals surface area (Å²) in [5, 5.41) is 13.1. The highest BCUT2D eigenvalue weighted by molar-refractivity contribution is 5.23. The van der Waals surface area contributed by atoms with Crippen molar-refractivity contribution in [3.63, 3.8) is 0 Å². The van der Waals surface area contributed by atoms with E-state index in [1.54, 1.807) is 17.1 Å². The maximum absolute atomic E-state index is 8.83. The summed E-state index contributed by atoms with van der Waals surface area (Å²) in [6.45, 7) is 3.80. The summed E-state index contributed by atoms with van der Waals surface area (Å²) in [5.74, 6) is 0.665. The van der Waals surface area contributed by atoms with Gasteiger partial charge in [0, 0.05) is 5.69 Å². The maximum atomic E-state index is 8.83. The van der Waals surface area contributed by atoms with Gasteiger partial charge in [0.1, 0.15) is 0 Å². The van der Waals surface area contributed by atoms with E-state index in [-0.39, 0.29) is 6.61 Å². The standard InChI is InChI=1S/C10H12N4O/c1-7-3-8(2)14(13-7)10-5-11-9(6-15)4-12-10/h3-5,15H,6H2,1-2H3. The molecular weight excluding hydrogens is 192 g/mol. The minimum absolute atomic E-state index is 0.0929. The topological polar surface area (TPSA) is 63.8 Å². The first-order chi connectivity index (χ1) is 7.20. The van der Waals surface area contributed by atoms with Crippen LogP contribution in [-0.4, -0.2) is 24.9 Å². The summed E-state index contributed by atoms with van der Waals surface area (Å²) in [6, 6.07) is 1.97. The van der Waals surface area contributed by atoms with Crippen LogP contribution in [0.1, 0.15) is 17.1 Å². The highest BCUT2D eigenvalue weighted by Gasteiger charge is 2.04. The summed E-state index contributed by atoms with van der Waals surface area (Å²) in [5.41, 5.74) is 2.51. The molecule has 0 aromatic carbocycles. The van der Waals surface area contributed by atoms with E-state index < -0.39 is 0 Å². The Labute approximate surface area is 87.4 Å². The molecule has 2 aromatic heterocycles. The van der Waals surface area contributed by atoms with Crippen LogP contribution in [0.2, 0.25) is 0 Å². The average molecular weight is 204 g/mol. The number of aliphatic hydroxyl groups excluding tert-OH is 1. The average Bonchev–Trinajstić information content (AvgIpc) is 2.58. The lowest BCUT2D eigenvalue weighted by molar-refractivity contribution is 0.276. The monoisotopic (exact) mass is 204 g/mol. The van der Waals surface area contributed by atoms with Gasteiger partial charge in [0.15, 0.2) is 5.82 Å². The van der Waals surface area contributed by atoms with Gasteiger partial charge in [-0.1, -0.05) is 0 Å². The van der Waals surface area contributed by atoms with Gasteiger partial charge in [-0.25, -0.2) is 9.67 Å². The molecule has 2 rings (SSSR count). The predicted octanol–water partition coefficient (Wildman–Crippen LogP) is 0.771. The molecule has 1 N–H and O–H groups in total. The van der Waals surface area contributed by atoms with Gasteiger partial charge in [0.2, 0.25) is 0 Å². The van der Waals surface area contributed by atoms with E-state index in [9.17, 15) is 0 Å². The zero-order valence-electron chi connectivity index (χ0n) is 8.68. The zero-order valence-corrected chi connectivity index (χ0v) is 8.68. The van der Waals surface area contributed by atoms with Crippen LogP contribution in [0.25, 0.3) is 5.82 Å². The van der Waals surface area contributed by atoms with Gasteiger partial charge < -0.3 is 5.11 Å². The summed E-state index contributed by atoms with van der Waals surface area (Å²) in [6.07, 6.45) is 3.15. The van der Waals surface area contributed by atoms with Crippen LogP contribution in [0.5, 0.6) is 0 Å². The lowest BCUT2D eigenvalue weighted by Gasteiger charge is -2.02. The molecule has 0 saturated carbocycles. The third kappa shape index (κ3) is 1.87. The van der Waals surface area contributed by atoms with Gasteiger partial charge >= 0.3 is 0 Å². The van der Waals surface area contributed by atoms with E-state index in [4.69, 9.17) is 5.11 Å². The molecule has 0 atom stereocenters. The van der Waals surface area contributed by atoms with Crippen molar-refractivity contribution in [2.45, 2.75) is 20.5 Å². The van der Waals surface area contributed by atoms with Crippen LogP contribution in [0.4, 0.5) is 0 Å². The van der Waals surface area contributed by atoms with Gasteiger partial charge in [-0.2, -0.15) is 5.10 Å². The van der Waals surface area contributed by atoms with Crippen LogP contribution in [0.15, 0.2) is 18.5 Å². The van der Waals surface area contributed by atoms with Gasteiger partial charge in [-0.15, -0.1) is 0 Å². The van der Waals surface area contributed by atoms with Crippen molar-refractivity contribution in [2.75, 3.05) is 0 Å². The second-order valence-corrected chi connectivity index (χ2v) is 3.36. The molecule has 0 fully saturated rings. The molecule has 2 heterocycles. The van der Waals surface area contributed by atoms with Crippen molar-refractivity contribution >= 4 is 0 Å². The molecule has 78 valence electrons. The second-order valence-electron chi connectivity index (χ2n) is 3.36. The van der Waals surface area contributed by atoms with Crippen LogP contribution in [0, 0.1) is 13.8 Å². The largest absolute Gasteiger partial charge is 0.390 e. The Balaban J connectivity index is 2.41. The van der Waals surface area contributed by atoms with Crippen LogP contribution < -0.4 is 0 Å². The van der Waals surface area contributed by atoms with Crippen molar-refractivity contribution in [1.29, 1.82) is 0 Å². The Morgan fingerprint density at radius 3 is 2.53 bits per heavy atom. The SMILES string of the molecule is Cc1cc(C)n(-c2cnc(CO)cn2)n1. The highest BCUT2D eigenvalue weighted by atomic mass is 16.3. The molecule has 2 aromatic rings. The van der Waals surface area contributed by atoms with E-state index in [0.29, 0.717) is 11.5 Å². The molecule has 0 aliphatic rings. The quantitative estimate of drug-likeness (QED) is 0.784.